The van der Waals surface area contributed by atoms with Crippen LogP contribution in [0.5, 0.6) is 0 Å². The molecule has 0 bridgehead atoms. The first-order valence-electron chi connectivity index (χ1n) is 6.06. The minimum Gasteiger partial charge on any atom is -0.383 e. The molecule has 0 radical (unpaired) electrons. The molecule has 0 aliphatic carbocycles. The number of methoxy groups -OCH3 is 1. The van der Waals surface area contributed by atoms with Crippen LogP contribution in [0.2, 0.25) is 0 Å². The van der Waals surface area contributed by atoms with Crippen LogP contribution in [-0.4, -0.2) is 38.5 Å². The highest BCUT2D eigenvalue weighted by atomic mass is 16.5. The summed E-state index contributed by atoms with van der Waals surface area (Å²) in [6.45, 7) is 10.9. The van der Waals surface area contributed by atoms with Crippen LogP contribution in [0.4, 0.5) is 0 Å². The fourth-order valence-electron chi connectivity index (χ4n) is 2.14. The number of hydrogen-bond donors (Lipinski definition) is 1. The van der Waals surface area contributed by atoms with E-state index in [1.807, 2.05) is 0 Å². The summed E-state index contributed by atoms with van der Waals surface area (Å²) in [6.07, 6.45) is 2.02. The third-order valence-corrected chi connectivity index (χ3v) is 3.05. The summed E-state index contributed by atoms with van der Waals surface area (Å²) in [5.74, 6) is 0. The predicted molar refractivity (Wildman–Crippen MR) is 64.3 cm³/mol. The van der Waals surface area contributed by atoms with Crippen LogP contribution in [0.1, 0.15) is 40.5 Å². The summed E-state index contributed by atoms with van der Waals surface area (Å²) < 4.78 is 11.2. The molecule has 0 aromatic rings. The Morgan fingerprint density at radius 2 is 1.73 bits per heavy atom. The fourth-order valence-corrected chi connectivity index (χ4v) is 2.14. The normalized spacial score (nSPS) is 14.2. The van der Waals surface area contributed by atoms with Crippen molar-refractivity contribution in [3.05, 3.63) is 0 Å². The zero-order chi connectivity index (χ0) is 11.7. The Labute approximate surface area is 94.5 Å². The first-order valence-corrected chi connectivity index (χ1v) is 6.06. The molecule has 0 aliphatic heterocycles. The number of nitrogens with one attached hydrogen (secondary N) is 1. The van der Waals surface area contributed by atoms with Crippen LogP contribution >= 0.6 is 0 Å². The summed E-state index contributed by atoms with van der Waals surface area (Å²) in [4.78, 5) is 0. The largest absolute Gasteiger partial charge is 0.383 e. The average Bonchev–Trinajstić information content (AvgIpc) is 2.26. The average molecular weight is 217 g/mol. The van der Waals surface area contributed by atoms with Gasteiger partial charge in [0.05, 0.1) is 18.2 Å². The van der Waals surface area contributed by atoms with E-state index in [4.69, 9.17) is 9.47 Å². The molecule has 3 nitrogen and oxygen atoms in total. The maximum Gasteiger partial charge on any atom is 0.0851 e. The summed E-state index contributed by atoms with van der Waals surface area (Å²) in [6, 6.07) is 0.280. The Morgan fingerprint density at radius 1 is 1.13 bits per heavy atom. The third kappa shape index (κ3) is 4.09. The Bertz CT molecular complexity index is 141. The van der Waals surface area contributed by atoms with Crippen molar-refractivity contribution in [3.8, 4) is 0 Å². The van der Waals surface area contributed by atoms with Crippen LogP contribution in [0.15, 0.2) is 0 Å². The molecular formula is C12H27NO2. The minimum absolute atomic E-state index is 0.0826. The molecule has 0 fully saturated rings. The van der Waals surface area contributed by atoms with Gasteiger partial charge in [-0.15, -0.1) is 0 Å². The minimum atomic E-state index is -0.0826. The first kappa shape index (κ1) is 14.9. The van der Waals surface area contributed by atoms with Gasteiger partial charge >= 0.3 is 0 Å². The van der Waals surface area contributed by atoms with Gasteiger partial charge < -0.3 is 14.8 Å². The molecule has 0 amide bonds. The van der Waals surface area contributed by atoms with Crippen LogP contribution < -0.4 is 5.32 Å². The maximum absolute atomic E-state index is 5.95. The van der Waals surface area contributed by atoms with Gasteiger partial charge in [0.2, 0.25) is 0 Å². The molecule has 0 spiro atoms. The van der Waals surface area contributed by atoms with Crippen molar-refractivity contribution < 1.29 is 9.47 Å². The van der Waals surface area contributed by atoms with E-state index in [0.29, 0.717) is 6.61 Å². The lowest BCUT2D eigenvalue weighted by atomic mass is 9.88. The molecular weight excluding hydrogens is 190 g/mol. The standard InChI is InChI=1S/C12H27NO2/c1-6-12(7-2,15-9-4)11(10-14-5)13-8-3/h11,13H,6-10H2,1-5H3. The quantitative estimate of drug-likeness (QED) is 0.642. The summed E-state index contributed by atoms with van der Waals surface area (Å²) >= 11 is 0. The number of likely N-dealkylation sites (N-methyl/N-ethyl adjacent to an activating group) is 1. The fraction of sp³-hybridized carbons (Fsp3) is 1.00. The van der Waals surface area contributed by atoms with Crippen LogP contribution in [-0.2, 0) is 9.47 Å². The van der Waals surface area contributed by atoms with Crippen molar-refractivity contribution in [1.29, 1.82) is 0 Å². The van der Waals surface area contributed by atoms with E-state index in [-0.39, 0.29) is 11.6 Å². The van der Waals surface area contributed by atoms with Crippen molar-refractivity contribution in [2.24, 2.45) is 0 Å². The monoisotopic (exact) mass is 217 g/mol. The lowest BCUT2D eigenvalue weighted by molar-refractivity contribution is -0.0857. The highest BCUT2D eigenvalue weighted by molar-refractivity contribution is 4.91. The lowest BCUT2D eigenvalue weighted by Crippen LogP contribution is -2.54. The van der Waals surface area contributed by atoms with Gasteiger partial charge in [-0.25, -0.2) is 0 Å². The molecule has 92 valence electrons. The van der Waals surface area contributed by atoms with Gasteiger partial charge in [0.25, 0.3) is 0 Å². The van der Waals surface area contributed by atoms with Crippen LogP contribution in [0, 0.1) is 0 Å². The molecule has 0 saturated heterocycles. The summed E-state index contributed by atoms with van der Waals surface area (Å²) in [5, 5.41) is 3.46. The van der Waals surface area contributed by atoms with E-state index in [0.717, 1.165) is 26.0 Å². The second kappa shape index (κ2) is 8.08. The molecule has 3 heteroatoms. The second-order valence-corrected chi connectivity index (χ2v) is 3.77. The van der Waals surface area contributed by atoms with Crippen molar-refractivity contribution >= 4 is 0 Å². The van der Waals surface area contributed by atoms with E-state index in [1.165, 1.54) is 0 Å². The molecule has 0 rings (SSSR count). The number of rotatable bonds is 9. The maximum atomic E-state index is 5.95. The van der Waals surface area contributed by atoms with Gasteiger partial charge in [-0.2, -0.15) is 0 Å². The van der Waals surface area contributed by atoms with E-state index < -0.39 is 0 Å². The van der Waals surface area contributed by atoms with Crippen molar-refractivity contribution in [1.82, 2.24) is 5.32 Å². The number of hydrogen-bond acceptors (Lipinski definition) is 3. The lowest BCUT2D eigenvalue weighted by Gasteiger charge is -2.39. The zero-order valence-corrected chi connectivity index (χ0v) is 10.9. The first-order chi connectivity index (χ1) is 7.20. The predicted octanol–water partition coefficient (Wildman–Crippen LogP) is 2.21. The van der Waals surface area contributed by atoms with Crippen molar-refractivity contribution in [3.63, 3.8) is 0 Å². The molecule has 0 aromatic carbocycles. The highest BCUT2D eigenvalue weighted by Gasteiger charge is 2.35. The highest BCUT2D eigenvalue weighted by Crippen LogP contribution is 2.25. The molecule has 0 saturated carbocycles. The smallest absolute Gasteiger partial charge is 0.0851 e. The molecule has 1 unspecified atom stereocenters. The van der Waals surface area contributed by atoms with Gasteiger partial charge in [0.1, 0.15) is 0 Å². The SMILES string of the molecule is CCNC(COC)C(CC)(CC)OCC. The zero-order valence-electron chi connectivity index (χ0n) is 10.9. The third-order valence-electron chi connectivity index (χ3n) is 3.05. The summed E-state index contributed by atoms with van der Waals surface area (Å²) in [7, 11) is 1.74. The van der Waals surface area contributed by atoms with E-state index in [1.54, 1.807) is 7.11 Å². The summed E-state index contributed by atoms with van der Waals surface area (Å²) in [5.41, 5.74) is -0.0826. The Hall–Kier alpha value is -0.120. The van der Waals surface area contributed by atoms with Gasteiger partial charge in [-0.3, -0.25) is 0 Å². The van der Waals surface area contributed by atoms with E-state index in [9.17, 15) is 0 Å². The Balaban J connectivity index is 4.62. The molecule has 1 atom stereocenters. The molecule has 0 heterocycles. The molecule has 0 aromatic heterocycles. The Morgan fingerprint density at radius 3 is 2.07 bits per heavy atom. The van der Waals surface area contributed by atoms with Crippen LogP contribution in [0.25, 0.3) is 0 Å². The van der Waals surface area contributed by atoms with Gasteiger partial charge in [0, 0.05) is 13.7 Å². The second-order valence-electron chi connectivity index (χ2n) is 3.77. The Kier molecular flexibility index (Phi) is 8.02. The van der Waals surface area contributed by atoms with Gasteiger partial charge in [-0.1, -0.05) is 20.8 Å². The van der Waals surface area contributed by atoms with Gasteiger partial charge in [-0.05, 0) is 26.3 Å². The van der Waals surface area contributed by atoms with Crippen molar-refractivity contribution in [2.75, 3.05) is 26.9 Å². The topological polar surface area (TPSA) is 30.5 Å². The van der Waals surface area contributed by atoms with Crippen molar-refractivity contribution in [2.45, 2.75) is 52.2 Å². The van der Waals surface area contributed by atoms with E-state index in [2.05, 4.69) is 33.0 Å². The molecule has 1 N–H and O–H groups in total. The molecule has 15 heavy (non-hydrogen) atoms. The van der Waals surface area contributed by atoms with Gasteiger partial charge in [0.15, 0.2) is 0 Å². The molecule has 0 aliphatic rings. The van der Waals surface area contributed by atoms with E-state index >= 15 is 0 Å². The van der Waals surface area contributed by atoms with Crippen LogP contribution in [0.3, 0.4) is 0 Å². The number of ether oxygens (including phenoxy) is 2.